The molecule has 1 unspecified atom stereocenters. The van der Waals surface area contributed by atoms with Gasteiger partial charge in [0.2, 0.25) is 21.8 Å². The third-order valence-electron chi connectivity index (χ3n) is 6.57. The summed E-state index contributed by atoms with van der Waals surface area (Å²) >= 11 is 0. The summed E-state index contributed by atoms with van der Waals surface area (Å²) in [5.74, 6) is -0.207. The average Bonchev–Trinajstić information content (AvgIpc) is 2.89. The van der Waals surface area contributed by atoms with E-state index in [-0.39, 0.29) is 18.9 Å². The Morgan fingerprint density at radius 3 is 2.20 bits per heavy atom. The monoisotopic (exact) mass is 579 g/mol. The lowest BCUT2D eigenvalue weighted by molar-refractivity contribution is -0.140. The number of amides is 2. The zero-order valence-corrected chi connectivity index (χ0v) is 25.8. The first-order valence-electron chi connectivity index (χ1n) is 13.5. The summed E-state index contributed by atoms with van der Waals surface area (Å²) in [6.07, 6.45) is 1.34. The van der Waals surface area contributed by atoms with Gasteiger partial charge in [-0.15, -0.1) is 0 Å². The Morgan fingerprint density at radius 1 is 0.927 bits per heavy atom. The predicted molar refractivity (Wildman–Crippen MR) is 163 cm³/mol. The summed E-state index contributed by atoms with van der Waals surface area (Å²) in [5.41, 5.74) is 3.09. The van der Waals surface area contributed by atoms with Crippen LogP contribution < -0.4 is 14.4 Å². The standard InChI is InChI=1S/C32H41N3O5S/c1-23-16-17-24(2)28(18-23)35(41(7,38)39)22-30(36)34(21-26-14-11-15-27(19-26)40-6)29(31(37)33-32(3,4)5)20-25-12-9-8-10-13-25/h8-19,29H,20-22H2,1-7H3,(H,33,37). The van der Waals surface area contributed by atoms with E-state index in [0.29, 0.717) is 11.4 Å². The number of anilines is 1. The number of ether oxygens (including phenoxy) is 1. The fourth-order valence-corrected chi connectivity index (χ4v) is 5.46. The van der Waals surface area contributed by atoms with Gasteiger partial charge in [-0.2, -0.15) is 0 Å². The zero-order valence-electron chi connectivity index (χ0n) is 25.0. The maximum absolute atomic E-state index is 14.2. The third kappa shape index (κ3) is 9.08. The lowest BCUT2D eigenvalue weighted by Crippen LogP contribution is -2.56. The van der Waals surface area contributed by atoms with E-state index in [1.54, 1.807) is 32.2 Å². The highest BCUT2D eigenvalue weighted by Gasteiger charge is 2.34. The molecular weight excluding hydrogens is 538 g/mol. The molecule has 9 heteroatoms. The first kappa shape index (κ1) is 31.7. The van der Waals surface area contributed by atoms with Crippen molar-refractivity contribution in [3.8, 4) is 5.75 Å². The minimum atomic E-state index is -3.84. The van der Waals surface area contributed by atoms with Gasteiger partial charge in [0, 0.05) is 18.5 Å². The molecule has 0 spiro atoms. The maximum atomic E-state index is 14.2. The van der Waals surface area contributed by atoms with Gasteiger partial charge in [0.1, 0.15) is 18.3 Å². The smallest absolute Gasteiger partial charge is 0.244 e. The Bertz CT molecular complexity index is 1470. The van der Waals surface area contributed by atoms with Crippen LogP contribution in [-0.2, 0) is 32.6 Å². The molecule has 0 saturated carbocycles. The molecule has 3 aromatic rings. The van der Waals surface area contributed by atoms with Crippen LogP contribution in [0, 0.1) is 13.8 Å². The number of sulfonamides is 1. The van der Waals surface area contributed by atoms with E-state index in [4.69, 9.17) is 4.74 Å². The van der Waals surface area contributed by atoms with E-state index in [2.05, 4.69) is 5.32 Å². The van der Waals surface area contributed by atoms with Crippen molar-refractivity contribution in [1.29, 1.82) is 0 Å². The molecule has 41 heavy (non-hydrogen) atoms. The summed E-state index contributed by atoms with van der Waals surface area (Å²) in [6, 6.07) is 21.3. The molecule has 0 fully saturated rings. The molecule has 8 nitrogen and oxygen atoms in total. The topological polar surface area (TPSA) is 96.0 Å². The number of nitrogens with zero attached hydrogens (tertiary/aromatic N) is 2. The van der Waals surface area contributed by atoms with Crippen molar-refractivity contribution in [3.05, 3.63) is 95.1 Å². The predicted octanol–water partition coefficient (Wildman–Crippen LogP) is 4.63. The molecule has 0 aliphatic rings. The van der Waals surface area contributed by atoms with E-state index < -0.39 is 34.1 Å². The van der Waals surface area contributed by atoms with Crippen molar-refractivity contribution in [2.24, 2.45) is 0 Å². The number of rotatable bonds is 11. The molecule has 3 rings (SSSR count). The van der Waals surface area contributed by atoms with Crippen LogP contribution >= 0.6 is 0 Å². The molecule has 220 valence electrons. The van der Waals surface area contributed by atoms with Crippen LogP contribution in [0.3, 0.4) is 0 Å². The van der Waals surface area contributed by atoms with Crippen LogP contribution in [0.2, 0.25) is 0 Å². The number of nitrogens with one attached hydrogen (secondary N) is 1. The van der Waals surface area contributed by atoms with Crippen molar-refractivity contribution < 1.29 is 22.7 Å². The van der Waals surface area contributed by atoms with Crippen molar-refractivity contribution in [2.45, 2.75) is 59.2 Å². The molecule has 0 bridgehead atoms. The van der Waals surface area contributed by atoms with E-state index in [9.17, 15) is 18.0 Å². The van der Waals surface area contributed by atoms with Crippen LogP contribution in [0.4, 0.5) is 5.69 Å². The number of hydrogen-bond donors (Lipinski definition) is 1. The third-order valence-corrected chi connectivity index (χ3v) is 7.70. The number of aryl methyl sites for hydroxylation is 2. The van der Waals surface area contributed by atoms with Gasteiger partial charge >= 0.3 is 0 Å². The Labute approximate surface area is 244 Å². The van der Waals surface area contributed by atoms with Gasteiger partial charge in [-0.05, 0) is 75.1 Å². The lowest BCUT2D eigenvalue weighted by atomic mass is 10.0. The van der Waals surface area contributed by atoms with Gasteiger partial charge in [0.25, 0.3) is 0 Å². The van der Waals surface area contributed by atoms with Crippen LogP contribution in [0.25, 0.3) is 0 Å². The van der Waals surface area contributed by atoms with Gasteiger partial charge < -0.3 is 15.0 Å². The lowest BCUT2D eigenvalue weighted by Gasteiger charge is -2.35. The Balaban J connectivity index is 2.11. The van der Waals surface area contributed by atoms with E-state index >= 15 is 0 Å². The summed E-state index contributed by atoms with van der Waals surface area (Å²) in [5, 5.41) is 3.03. The highest BCUT2D eigenvalue weighted by molar-refractivity contribution is 7.92. The first-order chi connectivity index (χ1) is 19.2. The van der Waals surface area contributed by atoms with E-state index in [1.807, 2.05) is 82.3 Å². The maximum Gasteiger partial charge on any atom is 0.244 e. The second kappa shape index (κ2) is 13.2. The molecule has 0 heterocycles. The fraction of sp³-hybridized carbons (Fsp3) is 0.375. The van der Waals surface area contributed by atoms with Crippen LogP contribution in [-0.4, -0.2) is 56.6 Å². The van der Waals surface area contributed by atoms with Gasteiger partial charge in [0.15, 0.2) is 0 Å². The second-order valence-corrected chi connectivity index (χ2v) is 13.3. The minimum Gasteiger partial charge on any atom is -0.497 e. The van der Waals surface area contributed by atoms with E-state index in [0.717, 1.165) is 32.8 Å². The number of carbonyl (C=O) groups excluding carboxylic acids is 2. The quantitative estimate of drug-likeness (QED) is 0.357. The molecular formula is C32H41N3O5S. The molecule has 0 aliphatic heterocycles. The average molecular weight is 580 g/mol. The highest BCUT2D eigenvalue weighted by atomic mass is 32.2. The zero-order chi connectivity index (χ0) is 30.4. The molecule has 3 aromatic carbocycles. The van der Waals surface area contributed by atoms with Gasteiger partial charge in [0.05, 0.1) is 19.1 Å². The van der Waals surface area contributed by atoms with Crippen LogP contribution in [0.5, 0.6) is 5.75 Å². The molecule has 1 atom stereocenters. The number of carbonyl (C=O) groups is 2. The largest absolute Gasteiger partial charge is 0.497 e. The number of methoxy groups -OCH3 is 1. The fourth-order valence-electron chi connectivity index (χ4n) is 4.56. The van der Waals surface area contributed by atoms with Gasteiger partial charge in [-0.3, -0.25) is 13.9 Å². The molecule has 0 radical (unpaired) electrons. The summed E-state index contributed by atoms with van der Waals surface area (Å²) in [7, 11) is -2.28. The normalized spacial score (nSPS) is 12.4. The highest BCUT2D eigenvalue weighted by Crippen LogP contribution is 2.25. The first-order valence-corrected chi connectivity index (χ1v) is 15.4. The molecule has 0 aliphatic carbocycles. The Morgan fingerprint density at radius 2 is 1.59 bits per heavy atom. The molecule has 0 aromatic heterocycles. The van der Waals surface area contributed by atoms with Crippen molar-refractivity contribution >= 4 is 27.5 Å². The number of hydrogen-bond acceptors (Lipinski definition) is 5. The van der Waals surface area contributed by atoms with Crippen LogP contribution in [0.1, 0.15) is 43.0 Å². The second-order valence-electron chi connectivity index (χ2n) is 11.4. The van der Waals surface area contributed by atoms with Gasteiger partial charge in [-0.1, -0.05) is 54.6 Å². The minimum absolute atomic E-state index is 0.0789. The molecule has 1 N–H and O–H groups in total. The van der Waals surface area contributed by atoms with Crippen molar-refractivity contribution in [1.82, 2.24) is 10.2 Å². The summed E-state index contributed by atoms with van der Waals surface area (Å²) in [6.45, 7) is 8.93. The van der Waals surface area contributed by atoms with Crippen molar-refractivity contribution in [2.75, 3.05) is 24.2 Å². The summed E-state index contributed by atoms with van der Waals surface area (Å²) < 4.78 is 32.6. The van der Waals surface area contributed by atoms with Crippen LogP contribution in [0.15, 0.2) is 72.8 Å². The molecule has 2 amide bonds. The SMILES string of the molecule is COc1cccc(CN(C(=O)CN(c2cc(C)ccc2C)S(C)(=O)=O)C(Cc2ccccc2)C(=O)NC(C)(C)C)c1. The van der Waals surface area contributed by atoms with E-state index in [1.165, 1.54) is 4.90 Å². The van der Waals surface area contributed by atoms with Gasteiger partial charge in [-0.25, -0.2) is 8.42 Å². The number of benzene rings is 3. The Kier molecular flexibility index (Phi) is 10.2. The Hall–Kier alpha value is -3.85. The van der Waals surface area contributed by atoms with Crippen molar-refractivity contribution in [3.63, 3.8) is 0 Å². The molecule has 0 saturated heterocycles. The summed E-state index contributed by atoms with van der Waals surface area (Å²) in [4.78, 5) is 29.5.